The molecule has 3 heteroatoms. The number of carbonyl (C=O) groups is 1. The number of hydrogen-bond acceptors (Lipinski definition) is 2. The summed E-state index contributed by atoms with van der Waals surface area (Å²) in [7, 11) is 1.64. The third kappa shape index (κ3) is 2.85. The molecule has 0 bridgehead atoms. The van der Waals surface area contributed by atoms with Crippen LogP contribution in [0.15, 0.2) is 24.3 Å². The molecule has 76 valence electrons. The Balaban J connectivity index is 2.73. The molecule has 1 rings (SSSR count). The van der Waals surface area contributed by atoms with Crippen LogP contribution in [0.5, 0.6) is 0 Å². The number of benzene rings is 1. The van der Waals surface area contributed by atoms with E-state index in [2.05, 4.69) is 17.6 Å². The molecule has 0 aliphatic carbocycles. The van der Waals surface area contributed by atoms with E-state index in [1.807, 2.05) is 24.3 Å². The van der Waals surface area contributed by atoms with Crippen LogP contribution in [0.25, 0.3) is 0 Å². The van der Waals surface area contributed by atoms with Gasteiger partial charge in [-0.1, -0.05) is 19.1 Å². The first kappa shape index (κ1) is 10.7. The van der Waals surface area contributed by atoms with Gasteiger partial charge in [-0.3, -0.25) is 4.79 Å². The van der Waals surface area contributed by atoms with E-state index in [9.17, 15) is 4.79 Å². The van der Waals surface area contributed by atoms with Crippen LogP contribution in [0, 0.1) is 0 Å². The maximum absolute atomic E-state index is 11.3. The summed E-state index contributed by atoms with van der Waals surface area (Å²) in [5.74, 6) is -0.0386. The van der Waals surface area contributed by atoms with Crippen LogP contribution in [-0.2, 0) is 6.54 Å². The summed E-state index contributed by atoms with van der Waals surface area (Å²) < 4.78 is 0. The Morgan fingerprint density at radius 3 is 2.86 bits per heavy atom. The van der Waals surface area contributed by atoms with Gasteiger partial charge in [0.25, 0.3) is 5.91 Å². The van der Waals surface area contributed by atoms with E-state index in [4.69, 9.17) is 0 Å². The van der Waals surface area contributed by atoms with Gasteiger partial charge in [0.1, 0.15) is 0 Å². The summed E-state index contributed by atoms with van der Waals surface area (Å²) in [5, 5.41) is 5.82. The second-order valence-corrected chi connectivity index (χ2v) is 3.06. The minimum absolute atomic E-state index is 0.0386. The molecule has 0 aromatic heterocycles. The van der Waals surface area contributed by atoms with Crippen molar-refractivity contribution < 1.29 is 4.79 Å². The smallest absolute Gasteiger partial charge is 0.251 e. The Bertz CT molecular complexity index is 310. The largest absolute Gasteiger partial charge is 0.355 e. The molecule has 1 aromatic carbocycles. The van der Waals surface area contributed by atoms with E-state index in [1.165, 1.54) is 0 Å². The van der Waals surface area contributed by atoms with Gasteiger partial charge in [0.15, 0.2) is 0 Å². The SMILES string of the molecule is CCNCc1cccc(C(=O)NC)c1. The Kier molecular flexibility index (Phi) is 4.13. The molecule has 0 spiro atoms. The predicted molar refractivity (Wildman–Crippen MR) is 57.2 cm³/mol. The van der Waals surface area contributed by atoms with E-state index in [-0.39, 0.29) is 5.91 Å². The molecule has 0 saturated carbocycles. The van der Waals surface area contributed by atoms with Gasteiger partial charge in [-0.25, -0.2) is 0 Å². The van der Waals surface area contributed by atoms with Crippen molar-refractivity contribution in [2.24, 2.45) is 0 Å². The molecule has 0 atom stereocenters. The van der Waals surface area contributed by atoms with Crippen LogP contribution in [-0.4, -0.2) is 19.5 Å². The maximum Gasteiger partial charge on any atom is 0.251 e. The molecular weight excluding hydrogens is 176 g/mol. The number of carbonyl (C=O) groups excluding carboxylic acids is 1. The molecule has 0 saturated heterocycles. The molecule has 0 unspecified atom stereocenters. The monoisotopic (exact) mass is 192 g/mol. The zero-order chi connectivity index (χ0) is 10.4. The highest BCUT2D eigenvalue weighted by Crippen LogP contribution is 2.04. The van der Waals surface area contributed by atoms with E-state index in [0.29, 0.717) is 5.56 Å². The maximum atomic E-state index is 11.3. The molecule has 14 heavy (non-hydrogen) atoms. The van der Waals surface area contributed by atoms with Crippen LogP contribution in [0.3, 0.4) is 0 Å². The van der Waals surface area contributed by atoms with Gasteiger partial charge >= 0.3 is 0 Å². The van der Waals surface area contributed by atoms with Gasteiger partial charge in [0, 0.05) is 19.2 Å². The van der Waals surface area contributed by atoms with Crippen LogP contribution < -0.4 is 10.6 Å². The average Bonchev–Trinajstić information content (AvgIpc) is 2.25. The molecule has 0 fully saturated rings. The third-order valence-corrected chi connectivity index (χ3v) is 2.00. The van der Waals surface area contributed by atoms with Gasteiger partial charge < -0.3 is 10.6 Å². The minimum Gasteiger partial charge on any atom is -0.355 e. The summed E-state index contributed by atoms with van der Waals surface area (Å²) in [6.45, 7) is 3.80. The Morgan fingerprint density at radius 2 is 2.21 bits per heavy atom. The Morgan fingerprint density at radius 1 is 1.43 bits per heavy atom. The quantitative estimate of drug-likeness (QED) is 0.751. The zero-order valence-electron chi connectivity index (χ0n) is 8.63. The summed E-state index contributed by atoms with van der Waals surface area (Å²) in [5.41, 5.74) is 1.84. The topological polar surface area (TPSA) is 41.1 Å². The second kappa shape index (κ2) is 5.40. The van der Waals surface area contributed by atoms with Gasteiger partial charge in [0.05, 0.1) is 0 Å². The lowest BCUT2D eigenvalue weighted by Gasteiger charge is -2.04. The van der Waals surface area contributed by atoms with Crippen molar-refractivity contribution in [2.75, 3.05) is 13.6 Å². The summed E-state index contributed by atoms with van der Waals surface area (Å²) in [6, 6.07) is 7.63. The Labute approximate surface area is 84.5 Å². The van der Waals surface area contributed by atoms with E-state index in [1.54, 1.807) is 7.05 Å². The molecule has 0 aliphatic rings. The van der Waals surface area contributed by atoms with Gasteiger partial charge in [-0.15, -0.1) is 0 Å². The standard InChI is InChI=1S/C11H16N2O/c1-3-13-8-9-5-4-6-10(7-9)11(14)12-2/h4-7,13H,3,8H2,1-2H3,(H,12,14). The highest BCUT2D eigenvalue weighted by molar-refractivity contribution is 5.94. The highest BCUT2D eigenvalue weighted by Gasteiger charge is 2.02. The second-order valence-electron chi connectivity index (χ2n) is 3.06. The average molecular weight is 192 g/mol. The lowest BCUT2D eigenvalue weighted by molar-refractivity contribution is 0.0963. The molecule has 3 nitrogen and oxygen atoms in total. The fraction of sp³-hybridized carbons (Fsp3) is 0.364. The van der Waals surface area contributed by atoms with Gasteiger partial charge in [-0.05, 0) is 24.2 Å². The molecule has 2 N–H and O–H groups in total. The van der Waals surface area contributed by atoms with E-state index < -0.39 is 0 Å². The fourth-order valence-electron chi connectivity index (χ4n) is 1.24. The molecular formula is C11H16N2O. The third-order valence-electron chi connectivity index (χ3n) is 2.00. The fourth-order valence-corrected chi connectivity index (χ4v) is 1.24. The lowest BCUT2D eigenvalue weighted by atomic mass is 10.1. The van der Waals surface area contributed by atoms with Crippen LogP contribution in [0.1, 0.15) is 22.8 Å². The molecule has 0 heterocycles. The Hall–Kier alpha value is -1.35. The van der Waals surface area contributed by atoms with Crippen molar-refractivity contribution in [2.45, 2.75) is 13.5 Å². The van der Waals surface area contributed by atoms with Crippen LogP contribution >= 0.6 is 0 Å². The van der Waals surface area contributed by atoms with Crippen LogP contribution in [0.4, 0.5) is 0 Å². The molecule has 0 radical (unpaired) electrons. The van der Waals surface area contributed by atoms with E-state index >= 15 is 0 Å². The van der Waals surface area contributed by atoms with Crippen molar-refractivity contribution in [3.8, 4) is 0 Å². The van der Waals surface area contributed by atoms with Gasteiger partial charge in [0.2, 0.25) is 0 Å². The number of amides is 1. The highest BCUT2D eigenvalue weighted by atomic mass is 16.1. The number of rotatable bonds is 4. The van der Waals surface area contributed by atoms with Crippen molar-refractivity contribution in [1.82, 2.24) is 10.6 Å². The lowest BCUT2D eigenvalue weighted by Crippen LogP contribution is -2.18. The molecule has 1 amide bonds. The van der Waals surface area contributed by atoms with Crippen molar-refractivity contribution in [3.05, 3.63) is 35.4 Å². The summed E-state index contributed by atoms with van der Waals surface area (Å²) in [6.07, 6.45) is 0. The van der Waals surface area contributed by atoms with Crippen LogP contribution in [0.2, 0.25) is 0 Å². The number of nitrogens with one attached hydrogen (secondary N) is 2. The van der Waals surface area contributed by atoms with Crippen molar-refractivity contribution >= 4 is 5.91 Å². The van der Waals surface area contributed by atoms with E-state index in [0.717, 1.165) is 18.7 Å². The predicted octanol–water partition coefficient (Wildman–Crippen LogP) is 1.16. The minimum atomic E-state index is -0.0386. The first-order valence-electron chi connectivity index (χ1n) is 4.79. The van der Waals surface area contributed by atoms with Gasteiger partial charge in [-0.2, -0.15) is 0 Å². The number of hydrogen-bond donors (Lipinski definition) is 2. The summed E-state index contributed by atoms with van der Waals surface area (Å²) >= 11 is 0. The molecule has 1 aromatic rings. The normalized spacial score (nSPS) is 9.86. The first-order valence-corrected chi connectivity index (χ1v) is 4.79. The first-order chi connectivity index (χ1) is 6.77. The van der Waals surface area contributed by atoms with Crippen molar-refractivity contribution in [3.63, 3.8) is 0 Å². The zero-order valence-corrected chi connectivity index (χ0v) is 8.63. The molecule has 0 aliphatic heterocycles. The van der Waals surface area contributed by atoms with Crippen molar-refractivity contribution in [1.29, 1.82) is 0 Å². The summed E-state index contributed by atoms with van der Waals surface area (Å²) in [4.78, 5) is 11.3.